The van der Waals surface area contributed by atoms with Crippen LogP contribution in [0.3, 0.4) is 0 Å². The summed E-state index contributed by atoms with van der Waals surface area (Å²) in [7, 11) is 0. The first-order valence-electron chi connectivity index (χ1n) is 6.08. The van der Waals surface area contributed by atoms with Crippen molar-refractivity contribution < 1.29 is 0 Å². The molecule has 0 saturated carbocycles. The maximum Gasteiger partial charge on any atom is 0.250 e. The highest BCUT2D eigenvalue weighted by Crippen LogP contribution is 2.14. The molecule has 2 heterocycles. The lowest BCUT2D eigenvalue weighted by atomic mass is 10.1. The van der Waals surface area contributed by atoms with E-state index in [2.05, 4.69) is 22.0 Å². The Labute approximate surface area is 107 Å². The Morgan fingerprint density at radius 1 is 1.22 bits per heavy atom. The molecule has 18 heavy (non-hydrogen) atoms. The summed E-state index contributed by atoms with van der Waals surface area (Å²) in [6.45, 7) is 8.04. The standard InChI is InChI=1S/C13H19N5/c1-8(14)5-12-6-15-13(16-7-12)18-11(4)9(2)10(3)17-18/h6-8H,5,14H2,1-4H3. The molecule has 96 valence electrons. The predicted molar refractivity (Wildman–Crippen MR) is 70.7 cm³/mol. The third-order valence-corrected chi connectivity index (χ3v) is 3.09. The van der Waals surface area contributed by atoms with Gasteiger partial charge in [-0.2, -0.15) is 5.10 Å². The molecule has 0 aliphatic carbocycles. The third kappa shape index (κ3) is 2.41. The highest BCUT2D eigenvalue weighted by Gasteiger charge is 2.10. The van der Waals surface area contributed by atoms with E-state index in [1.807, 2.05) is 33.2 Å². The quantitative estimate of drug-likeness (QED) is 0.889. The van der Waals surface area contributed by atoms with E-state index in [4.69, 9.17) is 5.73 Å². The van der Waals surface area contributed by atoms with Crippen LogP contribution in [0.15, 0.2) is 12.4 Å². The van der Waals surface area contributed by atoms with E-state index in [1.54, 1.807) is 4.68 Å². The first-order chi connectivity index (χ1) is 8.49. The van der Waals surface area contributed by atoms with Crippen molar-refractivity contribution in [3.05, 3.63) is 34.9 Å². The second-order valence-corrected chi connectivity index (χ2v) is 4.78. The Morgan fingerprint density at radius 3 is 2.28 bits per heavy atom. The molecule has 2 rings (SSSR count). The molecule has 1 atom stereocenters. The molecule has 0 radical (unpaired) electrons. The van der Waals surface area contributed by atoms with Crippen LogP contribution in [0.25, 0.3) is 5.95 Å². The van der Waals surface area contributed by atoms with Crippen LogP contribution in [0.1, 0.15) is 29.4 Å². The van der Waals surface area contributed by atoms with Crippen LogP contribution < -0.4 is 5.73 Å². The van der Waals surface area contributed by atoms with Crippen LogP contribution in [0.2, 0.25) is 0 Å². The van der Waals surface area contributed by atoms with Gasteiger partial charge < -0.3 is 5.73 Å². The van der Waals surface area contributed by atoms with Crippen LogP contribution in [-0.2, 0) is 6.42 Å². The average Bonchev–Trinajstić information content (AvgIpc) is 2.57. The SMILES string of the molecule is Cc1nn(-c2ncc(CC(C)N)cn2)c(C)c1C. The fourth-order valence-electron chi connectivity index (χ4n) is 1.85. The van der Waals surface area contributed by atoms with Gasteiger partial charge in [0.15, 0.2) is 0 Å². The molecule has 0 saturated heterocycles. The minimum Gasteiger partial charge on any atom is -0.328 e. The molecule has 0 amide bonds. The van der Waals surface area contributed by atoms with Gasteiger partial charge in [-0.3, -0.25) is 0 Å². The van der Waals surface area contributed by atoms with E-state index >= 15 is 0 Å². The second kappa shape index (κ2) is 4.86. The highest BCUT2D eigenvalue weighted by molar-refractivity contribution is 5.28. The van der Waals surface area contributed by atoms with Gasteiger partial charge in [-0.1, -0.05) is 0 Å². The van der Waals surface area contributed by atoms with E-state index < -0.39 is 0 Å². The maximum absolute atomic E-state index is 5.75. The summed E-state index contributed by atoms with van der Waals surface area (Å²) in [6, 6.07) is 0.121. The summed E-state index contributed by atoms with van der Waals surface area (Å²) >= 11 is 0. The molecular formula is C13H19N5. The second-order valence-electron chi connectivity index (χ2n) is 4.78. The largest absolute Gasteiger partial charge is 0.328 e. The lowest BCUT2D eigenvalue weighted by Gasteiger charge is -2.06. The van der Waals surface area contributed by atoms with Gasteiger partial charge in [-0.15, -0.1) is 0 Å². The van der Waals surface area contributed by atoms with Crippen molar-refractivity contribution in [2.75, 3.05) is 0 Å². The van der Waals surface area contributed by atoms with E-state index in [-0.39, 0.29) is 6.04 Å². The molecule has 5 heteroatoms. The highest BCUT2D eigenvalue weighted by atomic mass is 15.4. The summed E-state index contributed by atoms with van der Waals surface area (Å²) in [5.74, 6) is 0.608. The Bertz CT molecular complexity index is 539. The number of hydrogen-bond donors (Lipinski definition) is 1. The molecule has 0 fully saturated rings. The van der Waals surface area contributed by atoms with Gasteiger partial charge in [0.05, 0.1) is 5.69 Å². The number of aryl methyl sites for hydroxylation is 1. The van der Waals surface area contributed by atoms with Gasteiger partial charge in [-0.25, -0.2) is 14.6 Å². The van der Waals surface area contributed by atoms with Crippen molar-refractivity contribution in [3.63, 3.8) is 0 Å². The Kier molecular flexibility index (Phi) is 3.43. The zero-order chi connectivity index (χ0) is 13.3. The van der Waals surface area contributed by atoms with Gasteiger partial charge in [0, 0.05) is 24.1 Å². The topological polar surface area (TPSA) is 69.6 Å². The predicted octanol–water partition coefficient (Wildman–Crippen LogP) is 1.48. The molecule has 0 bridgehead atoms. The van der Waals surface area contributed by atoms with Crippen molar-refractivity contribution in [1.82, 2.24) is 19.7 Å². The number of aromatic nitrogens is 4. The minimum absolute atomic E-state index is 0.121. The maximum atomic E-state index is 5.75. The number of nitrogens with two attached hydrogens (primary N) is 1. The first kappa shape index (κ1) is 12.7. The molecule has 2 N–H and O–H groups in total. The normalized spacial score (nSPS) is 12.7. The fourth-order valence-corrected chi connectivity index (χ4v) is 1.85. The van der Waals surface area contributed by atoms with Crippen molar-refractivity contribution >= 4 is 0 Å². The summed E-state index contributed by atoms with van der Waals surface area (Å²) < 4.78 is 1.78. The Hall–Kier alpha value is -1.75. The van der Waals surface area contributed by atoms with Gasteiger partial charge in [0.1, 0.15) is 0 Å². The zero-order valence-corrected chi connectivity index (χ0v) is 11.3. The van der Waals surface area contributed by atoms with E-state index in [9.17, 15) is 0 Å². The lowest BCUT2D eigenvalue weighted by molar-refractivity contribution is 0.722. The van der Waals surface area contributed by atoms with Crippen LogP contribution in [0, 0.1) is 20.8 Å². The van der Waals surface area contributed by atoms with Crippen molar-refractivity contribution in [2.24, 2.45) is 5.73 Å². The van der Waals surface area contributed by atoms with Crippen molar-refractivity contribution in [2.45, 2.75) is 40.2 Å². The lowest BCUT2D eigenvalue weighted by Crippen LogP contribution is -2.18. The molecule has 1 unspecified atom stereocenters. The molecule has 0 aromatic carbocycles. The molecule has 5 nitrogen and oxygen atoms in total. The van der Waals surface area contributed by atoms with Crippen LogP contribution in [0.5, 0.6) is 0 Å². The fraction of sp³-hybridized carbons (Fsp3) is 0.462. The van der Waals surface area contributed by atoms with E-state index in [0.717, 1.165) is 23.4 Å². The first-order valence-corrected chi connectivity index (χ1v) is 6.08. The minimum atomic E-state index is 0.121. The number of hydrogen-bond acceptors (Lipinski definition) is 4. The van der Waals surface area contributed by atoms with Crippen molar-refractivity contribution in [1.29, 1.82) is 0 Å². The summed E-state index contributed by atoms with van der Waals surface area (Å²) in [5, 5.41) is 4.44. The van der Waals surface area contributed by atoms with Crippen LogP contribution in [-0.4, -0.2) is 25.8 Å². The molecule has 2 aromatic heterocycles. The van der Waals surface area contributed by atoms with Crippen LogP contribution >= 0.6 is 0 Å². The molecule has 0 aliphatic rings. The average molecular weight is 245 g/mol. The van der Waals surface area contributed by atoms with Gasteiger partial charge in [-0.05, 0) is 45.2 Å². The van der Waals surface area contributed by atoms with Gasteiger partial charge in [0.2, 0.25) is 0 Å². The summed E-state index contributed by atoms with van der Waals surface area (Å²) in [6.07, 6.45) is 4.42. The van der Waals surface area contributed by atoms with E-state index in [1.165, 1.54) is 5.56 Å². The summed E-state index contributed by atoms with van der Waals surface area (Å²) in [5.41, 5.74) is 10.1. The molecule has 0 aliphatic heterocycles. The molecule has 0 spiro atoms. The monoisotopic (exact) mass is 245 g/mol. The Morgan fingerprint density at radius 2 is 1.83 bits per heavy atom. The third-order valence-electron chi connectivity index (χ3n) is 3.09. The zero-order valence-electron chi connectivity index (χ0n) is 11.3. The summed E-state index contributed by atoms with van der Waals surface area (Å²) in [4.78, 5) is 8.70. The van der Waals surface area contributed by atoms with Crippen molar-refractivity contribution in [3.8, 4) is 5.95 Å². The van der Waals surface area contributed by atoms with Crippen LogP contribution in [0.4, 0.5) is 0 Å². The molecule has 2 aromatic rings. The van der Waals surface area contributed by atoms with Gasteiger partial charge >= 0.3 is 0 Å². The smallest absolute Gasteiger partial charge is 0.250 e. The number of nitrogens with zero attached hydrogens (tertiary/aromatic N) is 4. The Balaban J connectivity index is 2.31. The van der Waals surface area contributed by atoms with E-state index in [0.29, 0.717) is 5.95 Å². The van der Waals surface area contributed by atoms with Gasteiger partial charge in [0.25, 0.3) is 5.95 Å². The number of rotatable bonds is 3. The molecular weight excluding hydrogens is 226 g/mol.